The number of rotatable bonds is 4. The number of amides is 2. The SMILES string of the molecule is CCC1NC(=O)C(C)N(CC(F)(F)c2ccccc2)C1=O. The van der Waals surface area contributed by atoms with Gasteiger partial charge in [-0.2, -0.15) is 8.78 Å². The first-order valence-electron chi connectivity index (χ1n) is 6.91. The molecule has 1 saturated heterocycles. The molecular formula is C15H18F2N2O2. The molecule has 1 aliphatic heterocycles. The Morgan fingerprint density at radius 2 is 1.86 bits per heavy atom. The first-order chi connectivity index (χ1) is 9.86. The third kappa shape index (κ3) is 3.04. The summed E-state index contributed by atoms with van der Waals surface area (Å²) in [5, 5.41) is 2.55. The van der Waals surface area contributed by atoms with E-state index in [2.05, 4.69) is 5.32 Å². The summed E-state index contributed by atoms with van der Waals surface area (Å²) in [6.07, 6.45) is 0.380. The van der Waals surface area contributed by atoms with Crippen molar-refractivity contribution >= 4 is 11.8 Å². The minimum absolute atomic E-state index is 0.163. The summed E-state index contributed by atoms with van der Waals surface area (Å²) in [5.41, 5.74) is -0.163. The lowest BCUT2D eigenvalue weighted by molar-refractivity contribution is -0.155. The third-order valence-electron chi connectivity index (χ3n) is 3.72. The summed E-state index contributed by atoms with van der Waals surface area (Å²) in [7, 11) is 0. The molecule has 114 valence electrons. The number of benzene rings is 1. The number of halogens is 2. The molecule has 2 amide bonds. The van der Waals surface area contributed by atoms with E-state index in [-0.39, 0.29) is 5.56 Å². The number of nitrogens with zero attached hydrogens (tertiary/aromatic N) is 1. The van der Waals surface area contributed by atoms with Crippen molar-refractivity contribution in [3.63, 3.8) is 0 Å². The summed E-state index contributed by atoms with van der Waals surface area (Å²) in [4.78, 5) is 25.0. The molecule has 0 bridgehead atoms. The fourth-order valence-electron chi connectivity index (χ4n) is 2.37. The smallest absolute Gasteiger partial charge is 0.290 e. The van der Waals surface area contributed by atoms with Gasteiger partial charge in [-0.05, 0) is 13.3 Å². The highest BCUT2D eigenvalue weighted by Gasteiger charge is 2.43. The number of piperazine rings is 1. The molecule has 0 saturated carbocycles. The van der Waals surface area contributed by atoms with Crippen LogP contribution < -0.4 is 5.32 Å². The summed E-state index contributed by atoms with van der Waals surface area (Å²) in [6, 6.07) is 5.70. The zero-order valence-corrected chi connectivity index (χ0v) is 12.0. The van der Waals surface area contributed by atoms with Crippen LogP contribution in [0.1, 0.15) is 25.8 Å². The molecule has 0 aromatic heterocycles. The quantitative estimate of drug-likeness (QED) is 0.922. The molecule has 0 spiro atoms. The summed E-state index contributed by atoms with van der Waals surface area (Å²) in [5.74, 6) is -4.05. The fraction of sp³-hybridized carbons (Fsp3) is 0.467. The maximum atomic E-state index is 14.3. The zero-order valence-electron chi connectivity index (χ0n) is 12.0. The van der Waals surface area contributed by atoms with Crippen molar-refractivity contribution in [2.24, 2.45) is 0 Å². The third-order valence-corrected chi connectivity index (χ3v) is 3.72. The Bertz CT molecular complexity index is 534. The first kappa shape index (κ1) is 15.4. The highest BCUT2D eigenvalue weighted by atomic mass is 19.3. The monoisotopic (exact) mass is 296 g/mol. The zero-order chi connectivity index (χ0) is 15.6. The van der Waals surface area contributed by atoms with Crippen LogP contribution in [0.5, 0.6) is 0 Å². The van der Waals surface area contributed by atoms with E-state index in [1.807, 2.05) is 0 Å². The minimum atomic E-state index is -3.19. The van der Waals surface area contributed by atoms with Crippen molar-refractivity contribution in [1.29, 1.82) is 0 Å². The largest absolute Gasteiger partial charge is 0.343 e. The highest BCUT2D eigenvalue weighted by molar-refractivity contribution is 5.96. The van der Waals surface area contributed by atoms with E-state index in [1.165, 1.54) is 31.2 Å². The van der Waals surface area contributed by atoms with Gasteiger partial charge < -0.3 is 10.2 Å². The van der Waals surface area contributed by atoms with Crippen LogP contribution >= 0.6 is 0 Å². The van der Waals surface area contributed by atoms with Crippen LogP contribution in [0.2, 0.25) is 0 Å². The maximum Gasteiger partial charge on any atom is 0.290 e. The van der Waals surface area contributed by atoms with Gasteiger partial charge in [-0.3, -0.25) is 9.59 Å². The van der Waals surface area contributed by atoms with Gasteiger partial charge in [0.2, 0.25) is 11.8 Å². The van der Waals surface area contributed by atoms with Gasteiger partial charge in [0, 0.05) is 5.56 Å². The van der Waals surface area contributed by atoms with Crippen molar-refractivity contribution in [3.8, 4) is 0 Å². The number of carbonyl (C=O) groups excluding carboxylic acids is 2. The summed E-state index contributed by atoms with van der Waals surface area (Å²) < 4.78 is 28.6. The van der Waals surface area contributed by atoms with Gasteiger partial charge in [-0.25, -0.2) is 0 Å². The second-order valence-electron chi connectivity index (χ2n) is 5.18. The molecule has 2 rings (SSSR count). The normalized spacial score (nSPS) is 23.1. The van der Waals surface area contributed by atoms with E-state index >= 15 is 0 Å². The van der Waals surface area contributed by atoms with Gasteiger partial charge >= 0.3 is 0 Å². The molecule has 1 N–H and O–H groups in total. The number of hydrogen-bond donors (Lipinski definition) is 1. The first-order valence-corrected chi connectivity index (χ1v) is 6.91. The predicted octanol–water partition coefficient (Wildman–Crippen LogP) is 1.90. The van der Waals surface area contributed by atoms with E-state index < -0.39 is 36.4 Å². The van der Waals surface area contributed by atoms with Gasteiger partial charge in [0.05, 0.1) is 6.54 Å². The fourth-order valence-corrected chi connectivity index (χ4v) is 2.37. The average molecular weight is 296 g/mol. The maximum absolute atomic E-state index is 14.3. The number of carbonyl (C=O) groups is 2. The van der Waals surface area contributed by atoms with Crippen LogP contribution in [0.4, 0.5) is 8.78 Å². The molecule has 0 aliphatic carbocycles. The highest BCUT2D eigenvalue weighted by Crippen LogP contribution is 2.30. The Balaban J connectivity index is 2.23. The number of nitrogens with one attached hydrogen (secondary N) is 1. The van der Waals surface area contributed by atoms with E-state index in [9.17, 15) is 18.4 Å². The van der Waals surface area contributed by atoms with Crippen molar-refractivity contribution in [2.45, 2.75) is 38.3 Å². The molecule has 1 heterocycles. The Labute approximate surface area is 122 Å². The summed E-state index contributed by atoms with van der Waals surface area (Å²) in [6.45, 7) is 2.40. The van der Waals surface area contributed by atoms with Crippen LogP contribution in [0, 0.1) is 0 Å². The second kappa shape index (κ2) is 5.79. The van der Waals surface area contributed by atoms with Gasteiger partial charge in [0.25, 0.3) is 5.92 Å². The molecule has 1 fully saturated rings. The molecule has 6 heteroatoms. The van der Waals surface area contributed by atoms with Crippen molar-refractivity contribution < 1.29 is 18.4 Å². The Morgan fingerprint density at radius 1 is 1.24 bits per heavy atom. The molecule has 2 unspecified atom stereocenters. The lowest BCUT2D eigenvalue weighted by Gasteiger charge is -2.38. The molecule has 21 heavy (non-hydrogen) atoms. The Hall–Kier alpha value is -1.98. The minimum Gasteiger partial charge on any atom is -0.343 e. The van der Waals surface area contributed by atoms with Crippen molar-refractivity contribution in [3.05, 3.63) is 35.9 Å². The molecule has 4 nitrogen and oxygen atoms in total. The summed E-state index contributed by atoms with van der Waals surface area (Å²) >= 11 is 0. The molecule has 1 aromatic carbocycles. The molecular weight excluding hydrogens is 278 g/mol. The average Bonchev–Trinajstić information content (AvgIpc) is 2.48. The second-order valence-corrected chi connectivity index (χ2v) is 5.18. The topological polar surface area (TPSA) is 49.4 Å². The van der Waals surface area contributed by atoms with Gasteiger partial charge in [0.15, 0.2) is 0 Å². The van der Waals surface area contributed by atoms with Crippen LogP contribution in [-0.4, -0.2) is 35.3 Å². The Kier molecular flexibility index (Phi) is 4.25. The van der Waals surface area contributed by atoms with E-state index in [4.69, 9.17) is 0 Å². The Morgan fingerprint density at radius 3 is 2.43 bits per heavy atom. The van der Waals surface area contributed by atoms with Crippen LogP contribution in [0.15, 0.2) is 30.3 Å². The van der Waals surface area contributed by atoms with Crippen LogP contribution in [0.3, 0.4) is 0 Å². The molecule has 1 aromatic rings. The lowest BCUT2D eigenvalue weighted by Crippen LogP contribution is -2.63. The molecule has 1 aliphatic rings. The van der Waals surface area contributed by atoms with Gasteiger partial charge in [0.1, 0.15) is 12.1 Å². The van der Waals surface area contributed by atoms with Crippen LogP contribution in [-0.2, 0) is 15.5 Å². The standard InChI is InChI=1S/C15H18F2N2O2/c1-3-12-14(21)19(10(2)13(20)18-12)9-15(16,17)11-7-5-4-6-8-11/h4-8,10,12H,3,9H2,1-2H3,(H,18,20). The van der Waals surface area contributed by atoms with Crippen molar-refractivity contribution in [1.82, 2.24) is 10.2 Å². The lowest BCUT2D eigenvalue weighted by atomic mass is 10.0. The van der Waals surface area contributed by atoms with Crippen LogP contribution in [0.25, 0.3) is 0 Å². The van der Waals surface area contributed by atoms with Gasteiger partial charge in [-0.1, -0.05) is 37.3 Å². The molecule has 0 radical (unpaired) electrons. The molecule has 2 atom stereocenters. The number of alkyl halides is 2. The van der Waals surface area contributed by atoms with E-state index in [0.29, 0.717) is 6.42 Å². The number of hydrogen-bond acceptors (Lipinski definition) is 2. The van der Waals surface area contributed by atoms with Crippen molar-refractivity contribution in [2.75, 3.05) is 6.54 Å². The predicted molar refractivity (Wildman–Crippen MR) is 73.7 cm³/mol. The van der Waals surface area contributed by atoms with E-state index in [1.54, 1.807) is 13.0 Å². The van der Waals surface area contributed by atoms with E-state index in [0.717, 1.165) is 4.90 Å². The van der Waals surface area contributed by atoms with Gasteiger partial charge in [-0.15, -0.1) is 0 Å².